The molecule has 2 rings (SSSR count). The van der Waals surface area contributed by atoms with Crippen LogP contribution < -0.4 is 10.6 Å². The molecule has 4 nitrogen and oxygen atoms in total. The van der Waals surface area contributed by atoms with Crippen LogP contribution in [0.5, 0.6) is 0 Å². The van der Waals surface area contributed by atoms with Gasteiger partial charge in [-0.15, -0.1) is 0 Å². The average molecular weight is 379 g/mol. The van der Waals surface area contributed by atoms with E-state index >= 15 is 0 Å². The van der Waals surface area contributed by atoms with Crippen molar-refractivity contribution >= 4 is 35.0 Å². The van der Waals surface area contributed by atoms with Gasteiger partial charge in [0, 0.05) is 16.6 Å². The van der Waals surface area contributed by atoms with Crippen LogP contribution in [-0.4, -0.2) is 18.4 Å². The van der Waals surface area contributed by atoms with Crippen molar-refractivity contribution in [3.05, 3.63) is 69.7 Å². The van der Waals surface area contributed by atoms with Crippen molar-refractivity contribution < 1.29 is 9.59 Å². The summed E-state index contributed by atoms with van der Waals surface area (Å²) >= 11 is 11.9. The lowest BCUT2D eigenvalue weighted by Crippen LogP contribution is -2.34. The molecule has 2 aromatic carbocycles. The van der Waals surface area contributed by atoms with Crippen molar-refractivity contribution in [2.24, 2.45) is 0 Å². The van der Waals surface area contributed by atoms with Gasteiger partial charge in [0.25, 0.3) is 0 Å². The van der Waals surface area contributed by atoms with Crippen molar-refractivity contribution in [3.8, 4) is 0 Å². The van der Waals surface area contributed by atoms with Gasteiger partial charge in [-0.1, -0.05) is 59.6 Å². The zero-order chi connectivity index (χ0) is 18.2. The summed E-state index contributed by atoms with van der Waals surface area (Å²) in [5.41, 5.74) is 1.89. The molecule has 0 fully saturated rings. The lowest BCUT2D eigenvalue weighted by Gasteiger charge is -2.14. The number of carbonyl (C=O) groups is 2. The van der Waals surface area contributed by atoms with E-state index in [4.69, 9.17) is 23.2 Å². The third-order valence-electron chi connectivity index (χ3n) is 3.73. The molecule has 2 amide bonds. The highest BCUT2D eigenvalue weighted by Gasteiger charge is 2.13. The summed E-state index contributed by atoms with van der Waals surface area (Å²) in [5.74, 6) is -0.624. The van der Waals surface area contributed by atoms with Gasteiger partial charge < -0.3 is 10.6 Å². The van der Waals surface area contributed by atoms with Crippen LogP contribution in [0.15, 0.2) is 48.5 Å². The second-order valence-corrected chi connectivity index (χ2v) is 6.56. The molecule has 2 N–H and O–H groups in total. The Kier molecular flexibility index (Phi) is 7.29. The summed E-state index contributed by atoms with van der Waals surface area (Å²) in [7, 11) is 0. The second kappa shape index (κ2) is 9.44. The molecule has 0 spiro atoms. The highest BCUT2D eigenvalue weighted by Crippen LogP contribution is 2.21. The number of nitrogens with one attached hydrogen (secondary N) is 2. The SMILES string of the molecule is CC(NC(=O)CC(=O)NCCc1ccc(Cl)cc1Cl)c1ccccc1. The van der Waals surface area contributed by atoms with Crippen LogP contribution in [0.25, 0.3) is 0 Å². The largest absolute Gasteiger partial charge is 0.355 e. The van der Waals surface area contributed by atoms with Gasteiger partial charge >= 0.3 is 0 Å². The molecule has 0 aliphatic rings. The molecule has 132 valence electrons. The third kappa shape index (κ3) is 6.40. The Labute approximate surface area is 157 Å². The number of rotatable bonds is 7. The van der Waals surface area contributed by atoms with Crippen molar-refractivity contribution in [2.75, 3.05) is 6.54 Å². The van der Waals surface area contributed by atoms with Gasteiger partial charge in [0.1, 0.15) is 6.42 Å². The number of amides is 2. The van der Waals surface area contributed by atoms with Crippen LogP contribution in [0.4, 0.5) is 0 Å². The topological polar surface area (TPSA) is 58.2 Å². The van der Waals surface area contributed by atoms with Crippen LogP contribution in [0, 0.1) is 0 Å². The number of benzene rings is 2. The van der Waals surface area contributed by atoms with Crippen molar-refractivity contribution in [1.29, 1.82) is 0 Å². The molecule has 0 aliphatic heterocycles. The molecule has 0 aliphatic carbocycles. The Hall–Kier alpha value is -2.04. The zero-order valence-corrected chi connectivity index (χ0v) is 15.4. The Morgan fingerprint density at radius 2 is 1.76 bits per heavy atom. The minimum absolute atomic E-state index is 0.144. The van der Waals surface area contributed by atoms with E-state index in [0.29, 0.717) is 23.0 Å². The van der Waals surface area contributed by atoms with E-state index in [0.717, 1.165) is 11.1 Å². The lowest BCUT2D eigenvalue weighted by molar-refractivity contribution is -0.129. The minimum atomic E-state index is -0.317. The van der Waals surface area contributed by atoms with Crippen molar-refractivity contribution in [3.63, 3.8) is 0 Å². The van der Waals surface area contributed by atoms with Crippen LogP contribution in [0.2, 0.25) is 10.0 Å². The van der Waals surface area contributed by atoms with E-state index in [1.807, 2.05) is 43.3 Å². The first-order valence-electron chi connectivity index (χ1n) is 8.00. The Morgan fingerprint density at radius 1 is 1.04 bits per heavy atom. The molecular weight excluding hydrogens is 359 g/mol. The first-order valence-corrected chi connectivity index (χ1v) is 8.76. The molecule has 0 heterocycles. The summed E-state index contributed by atoms with van der Waals surface area (Å²) in [6.45, 7) is 2.29. The molecule has 2 aromatic rings. The van der Waals surface area contributed by atoms with E-state index in [1.165, 1.54) is 0 Å². The standard InChI is InChI=1S/C19H20Cl2N2O2/c1-13(14-5-3-2-4-6-14)23-19(25)12-18(24)22-10-9-15-7-8-16(20)11-17(15)21/h2-8,11,13H,9-10,12H2,1H3,(H,22,24)(H,23,25). The fourth-order valence-corrected chi connectivity index (χ4v) is 2.89. The van der Waals surface area contributed by atoms with Gasteiger partial charge in [-0.05, 0) is 36.6 Å². The molecule has 0 bridgehead atoms. The van der Waals surface area contributed by atoms with Gasteiger partial charge in [-0.25, -0.2) is 0 Å². The number of hydrogen-bond donors (Lipinski definition) is 2. The smallest absolute Gasteiger partial charge is 0.229 e. The average Bonchev–Trinajstić information content (AvgIpc) is 2.57. The van der Waals surface area contributed by atoms with Gasteiger partial charge in [0.15, 0.2) is 0 Å². The van der Waals surface area contributed by atoms with Crippen LogP contribution in [0.3, 0.4) is 0 Å². The second-order valence-electron chi connectivity index (χ2n) is 5.71. The highest BCUT2D eigenvalue weighted by molar-refractivity contribution is 6.35. The summed E-state index contributed by atoms with van der Waals surface area (Å²) in [6.07, 6.45) is 0.370. The van der Waals surface area contributed by atoms with E-state index in [2.05, 4.69) is 10.6 Å². The minimum Gasteiger partial charge on any atom is -0.355 e. The molecule has 0 radical (unpaired) electrons. The van der Waals surface area contributed by atoms with Crippen LogP contribution >= 0.6 is 23.2 Å². The first-order chi connectivity index (χ1) is 12.0. The van der Waals surface area contributed by atoms with E-state index in [-0.39, 0.29) is 24.3 Å². The van der Waals surface area contributed by atoms with Crippen molar-refractivity contribution in [1.82, 2.24) is 10.6 Å². The molecule has 0 saturated heterocycles. The maximum absolute atomic E-state index is 12.0. The van der Waals surface area contributed by atoms with E-state index in [1.54, 1.807) is 12.1 Å². The fraction of sp³-hybridized carbons (Fsp3) is 0.263. The normalized spacial score (nSPS) is 11.6. The lowest BCUT2D eigenvalue weighted by atomic mass is 10.1. The molecule has 0 saturated carbocycles. The number of hydrogen-bond acceptors (Lipinski definition) is 2. The predicted octanol–water partition coefficient (Wildman–Crippen LogP) is 3.92. The van der Waals surface area contributed by atoms with Crippen LogP contribution in [0.1, 0.15) is 30.5 Å². The summed E-state index contributed by atoms with van der Waals surface area (Å²) in [6, 6.07) is 14.7. The van der Waals surface area contributed by atoms with Gasteiger partial charge in [-0.3, -0.25) is 9.59 Å². The summed E-state index contributed by atoms with van der Waals surface area (Å²) in [5, 5.41) is 6.68. The zero-order valence-electron chi connectivity index (χ0n) is 13.9. The van der Waals surface area contributed by atoms with E-state index < -0.39 is 0 Å². The maximum Gasteiger partial charge on any atom is 0.229 e. The van der Waals surface area contributed by atoms with Gasteiger partial charge in [-0.2, -0.15) is 0 Å². The predicted molar refractivity (Wildman–Crippen MR) is 101 cm³/mol. The molecule has 0 aromatic heterocycles. The Bertz CT molecular complexity index is 735. The van der Waals surface area contributed by atoms with E-state index in [9.17, 15) is 9.59 Å². The molecule has 25 heavy (non-hydrogen) atoms. The monoisotopic (exact) mass is 378 g/mol. The van der Waals surface area contributed by atoms with Crippen LogP contribution in [-0.2, 0) is 16.0 Å². The van der Waals surface area contributed by atoms with Crippen molar-refractivity contribution in [2.45, 2.75) is 25.8 Å². The van der Waals surface area contributed by atoms with Gasteiger partial charge in [0.05, 0.1) is 6.04 Å². The molecule has 6 heteroatoms. The molecule has 1 unspecified atom stereocenters. The number of halogens is 2. The third-order valence-corrected chi connectivity index (χ3v) is 4.32. The fourth-order valence-electron chi connectivity index (χ4n) is 2.39. The Balaban J connectivity index is 1.73. The quantitative estimate of drug-likeness (QED) is 0.717. The molecular formula is C19H20Cl2N2O2. The summed E-state index contributed by atoms with van der Waals surface area (Å²) in [4.78, 5) is 23.8. The molecule has 1 atom stereocenters. The Morgan fingerprint density at radius 3 is 2.44 bits per heavy atom. The highest BCUT2D eigenvalue weighted by atomic mass is 35.5. The first kappa shape index (κ1) is 19.3. The van der Waals surface area contributed by atoms with Gasteiger partial charge in [0.2, 0.25) is 11.8 Å². The summed E-state index contributed by atoms with van der Waals surface area (Å²) < 4.78 is 0. The maximum atomic E-state index is 12.0. The number of carbonyl (C=O) groups excluding carboxylic acids is 2.